The minimum atomic E-state index is 1.11. The minimum absolute atomic E-state index is 1.11. The summed E-state index contributed by atoms with van der Waals surface area (Å²) in [7, 11) is 0. The monoisotopic (exact) mass is 660 g/mol. The maximum Gasteiger partial charge on any atom is 0.0561 e. The Kier molecular flexibility index (Phi) is 6.28. The Morgan fingerprint density at radius 2 is 1.00 bits per heavy atom. The largest absolute Gasteiger partial charge is 0.310 e. The first kappa shape index (κ1) is 28.9. The van der Waals surface area contributed by atoms with Crippen LogP contribution in [0.4, 0.5) is 17.1 Å². The maximum absolute atomic E-state index is 2.43. The molecule has 0 atom stereocenters. The number of fused-ring (bicyclic) bond motifs is 8. The SMILES string of the molecule is c1ccc(-c2cccc(N(c3ccc4c(c3)-c3c5ccccc5cc5cccc-4c35)c3ccc4c5ccccc5n(-c5ccccc5)c4c3)c2)cc1. The first-order valence-corrected chi connectivity index (χ1v) is 17.9. The lowest BCUT2D eigenvalue weighted by Gasteiger charge is -2.27. The average Bonchev–Trinajstić information content (AvgIpc) is 3.72. The molecule has 0 fully saturated rings. The van der Waals surface area contributed by atoms with E-state index in [-0.39, 0.29) is 0 Å². The molecule has 1 aromatic heterocycles. The molecule has 0 spiro atoms. The lowest BCUT2D eigenvalue weighted by molar-refractivity contribution is 1.18. The number of benzene rings is 9. The highest BCUT2D eigenvalue weighted by molar-refractivity contribution is 6.24. The summed E-state index contributed by atoms with van der Waals surface area (Å²) in [5, 5.41) is 7.69. The fraction of sp³-hybridized carbons (Fsp3) is 0. The van der Waals surface area contributed by atoms with E-state index in [0.717, 1.165) is 22.7 Å². The molecule has 0 saturated carbocycles. The van der Waals surface area contributed by atoms with Crippen LogP contribution in [-0.4, -0.2) is 4.57 Å². The van der Waals surface area contributed by atoms with Crippen molar-refractivity contribution < 1.29 is 0 Å². The quantitative estimate of drug-likeness (QED) is 0.167. The summed E-state index contributed by atoms with van der Waals surface area (Å²) >= 11 is 0. The van der Waals surface area contributed by atoms with Crippen LogP contribution in [-0.2, 0) is 0 Å². The lowest BCUT2D eigenvalue weighted by Crippen LogP contribution is -2.10. The van der Waals surface area contributed by atoms with Crippen LogP contribution in [0.25, 0.3) is 82.4 Å². The van der Waals surface area contributed by atoms with Crippen LogP contribution in [0.15, 0.2) is 194 Å². The molecule has 1 aliphatic carbocycles. The summed E-state index contributed by atoms with van der Waals surface area (Å²) in [6, 6.07) is 71.0. The van der Waals surface area contributed by atoms with Gasteiger partial charge in [-0.15, -0.1) is 0 Å². The summed E-state index contributed by atoms with van der Waals surface area (Å²) in [6.07, 6.45) is 0. The smallest absolute Gasteiger partial charge is 0.0561 e. The third kappa shape index (κ3) is 4.31. The van der Waals surface area contributed by atoms with Crippen LogP contribution >= 0.6 is 0 Å². The molecule has 52 heavy (non-hydrogen) atoms. The van der Waals surface area contributed by atoms with Gasteiger partial charge in [0.05, 0.1) is 11.0 Å². The number of nitrogens with zero attached hydrogens (tertiary/aromatic N) is 2. The Morgan fingerprint density at radius 1 is 0.346 bits per heavy atom. The van der Waals surface area contributed by atoms with Crippen LogP contribution in [0, 0.1) is 0 Å². The molecular formula is C50H32N2. The Bertz CT molecular complexity index is 3010. The predicted octanol–water partition coefficient (Wildman–Crippen LogP) is 13.9. The van der Waals surface area contributed by atoms with Crippen molar-refractivity contribution in [3.8, 4) is 39.1 Å². The van der Waals surface area contributed by atoms with E-state index in [2.05, 4.69) is 204 Å². The second-order valence-corrected chi connectivity index (χ2v) is 13.7. The van der Waals surface area contributed by atoms with Gasteiger partial charge in [-0.25, -0.2) is 0 Å². The number of rotatable bonds is 5. The van der Waals surface area contributed by atoms with Gasteiger partial charge in [0.25, 0.3) is 0 Å². The van der Waals surface area contributed by atoms with Gasteiger partial charge in [-0.3, -0.25) is 0 Å². The van der Waals surface area contributed by atoms with Crippen LogP contribution in [0.5, 0.6) is 0 Å². The van der Waals surface area contributed by atoms with Gasteiger partial charge in [0, 0.05) is 33.5 Å². The van der Waals surface area contributed by atoms with Gasteiger partial charge in [0.15, 0.2) is 0 Å². The van der Waals surface area contributed by atoms with Crippen molar-refractivity contribution in [2.24, 2.45) is 0 Å². The molecule has 0 bridgehead atoms. The third-order valence-electron chi connectivity index (χ3n) is 10.9. The molecule has 0 radical (unpaired) electrons. The van der Waals surface area contributed by atoms with Crippen molar-refractivity contribution in [3.05, 3.63) is 194 Å². The highest BCUT2D eigenvalue weighted by Crippen LogP contribution is 2.52. The summed E-state index contributed by atoms with van der Waals surface area (Å²) in [6.45, 7) is 0. The van der Waals surface area contributed by atoms with Crippen molar-refractivity contribution in [2.75, 3.05) is 4.90 Å². The molecule has 2 heteroatoms. The lowest BCUT2D eigenvalue weighted by atomic mass is 9.95. The van der Waals surface area contributed by atoms with Crippen molar-refractivity contribution in [1.82, 2.24) is 4.57 Å². The zero-order chi connectivity index (χ0) is 34.2. The van der Waals surface area contributed by atoms with E-state index in [0.29, 0.717) is 0 Å². The van der Waals surface area contributed by atoms with Crippen molar-refractivity contribution in [3.63, 3.8) is 0 Å². The summed E-state index contributed by atoms with van der Waals surface area (Å²) in [5.41, 5.74) is 14.5. The molecule has 10 aromatic rings. The van der Waals surface area contributed by atoms with E-state index in [1.54, 1.807) is 0 Å². The zero-order valence-corrected chi connectivity index (χ0v) is 28.4. The minimum Gasteiger partial charge on any atom is -0.310 e. The van der Waals surface area contributed by atoms with E-state index in [1.165, 1.54) is 76.7 Å². The molecule has 0 aliphatic heterocycles. The third-order valence-corrected chi connectivity index (χ3v) is 10.9. The maximum atomic E-state index is 2.43. The fourth-order valence-corrected chi connectivity index (χ4v) is 8.60. The van der Waals surface area contributed by atoms with Crippen LogP contribution in [0.3, 0.4) is 0 Å². The number of anilines is 3. The fourth-order valence-electron chi connectivity index (χ4n) is 8.60. The van der Waals surface area contributed by atoms with Crippen molar-refractivity contribution in [1.29, 1.82) is 0 Å². The second-order valence-electron chi connectivity index (χ2n) is 13.7. The highest BCUT2D eigenvalue weighted by atomic mass is 15.1. The molecule has 0 amide bonds. The number of hydrogen-bond donors (Lipinski definition) is 0. The van der Waals surface area contributed by atoms with Gasteiger partial charge in [-0.2, -0.15) is 0 Å². The van der Waals surface area contributed by atoms with Crippen LogP contribution in [0.2, 0.25) is 0 Å². The zero-order valence-electron chi connectivity index (χ0n) is 28.4. The number of para-hydroxylation sites is 2. The number of hydrogen-bond acceptors (Lipinski definition) is 1. The molecule has 1 aliphatic rings. The molecule has 1 heterocycles. The van der Waals surface area contributed by atoms with Crippen LogP contribution < -0.4 is 4.90 Å². The molecule has 0 saturated heterocycles. The first-order chi connectivity index (χ1) is 25.8. The second kappa shape index (κ2) is 11.3. The Balaban J connectivity index is 1.18. The Labute approximate surface area is 302 Å². The van der Waals surface area contributed by atoms with Gasteiger partial charge >= 0.3 is 0 Å². The number of aromatic nitrogens is 1. The topological polar surface area (TPSA) is 8.17 Å². The molecular weight excluding hydrogens is 629 g/mol. The molecule has 9 aromatic carbocycles. The van der Waals surface area contributed by atoms with E-state index < -0.39 is 0 Å². The molecule has 0 N–H and O–H groups in total. The molecule has 2 nitrogen and oxygen atoms in total. The van der Waals surface area contributed by atoms with Gasteiger partial charge < -0.3 is 9.47 Å². The molecule has 0 unspecified atom stereocenters. The summed E-state index contributed by atoms with van der Waals surface area (Å²) in [4.78, 5) is 2.43. The van der Waals surface area contributed by atoms with Gasteiger partial charge in [-0.1, -0.05) is 133 Å². The van der Waals surface area contributed by atoms with Gasteiger partial charge in [0.2, 0.25) is 0 Å². The van der Waals surface area contributed by atoms with E-state index in [1.807, 2.05) is 0 Å². The van der Waals surface area contributed by atoms with E-state index in [9.17, 15) is 0 Å². The standard InChI is InChI=1S/C50H32N2/c1-3-13-33(14-4-1)34-16-11-20-38(30-34)51(40-26-28-44-43-22-9-10-24-47(43)52(48(44)32-40)37-18-5-2-6-19-37)39-25-27-42-45-23-12-17-36-29-35-15-7-8-21-41(35)50(49(36)45)46(42)31-39/h1-32H. The Hall–Kier alpha value is -6.90. The highest BCUT2D eigenvalue weighted by Gasteiger charge is 2.26. The van der Waals surface area contributed by atoms with E-state index >= 15 is 0 Å². The average molecular weight is 661 g/mol. The molecule has 242 valence electrons. The predicted molar refractivity (Wildman–Crippen MR) is 220 cm³/mol. The van der Waals surface area contributed by atoms with Crippen LogP contribution in [0.1, 0.15) is 0 Å². The van der Waals surface area contributed by atoms with Gasteiger partial charge in [0.1, 0.15) is 0 Å². The summed E-state index contributed by atoms with van der Waals surface area (Å²) < 4.78 is 2.40. The summed E-state index contributed by atoms with van der Waals surface area (Å²) in [5.74, 6) is 0. The van der Waals surface area contributed by atoms with E-state index in [4.69, 9.17) is 0 Å². The first-order valence-electron chi connectivity index (χ1n) is 17.9. The van der Waals surface area contributed by atoms with Gasteiger partial charge in [-0.05, 0) is 116 Å². The van der Waals surface area contributed by atoms with Crippen molar-refractivity contribution >= 4 is 60.4 Å². The Morgan fingerprint density at radius 3 is 1.88 bits per heavy atom. The molecule has 11 rings (SSSR count). The normalized spacial score (nSPS) is 11.8. The van der Waals surface area contributed by atoms with Crippen molar-refractivity contribution in [2.45, 2.75) is 0 Å².